The normalized spacial score (nSPS) is 18.2. The van der Waals surface area contributed by atoms with Crippen LogP contribution in [0.1, 0.15) is 31.2 Å². The van der Waals surface area contributed by atoms with E-state index in [1.807, 2.05) is 6.92 Å². The summed E-state index contributed by atoms with van der Waals surface area (Å²) in [6.45, 7) is 2.31. The number of nitrogens with zero attached hydrogens (tertiary/aromatic N) is 1. The second-order valence-corrected chi connectivity index (χ2v) is 8.73. The van der Waals surface area contributed by atoms with Crippen molar-refractivity contribution in [2.45, 2.75) is 43.5 Å². The number of hydrogen-bond acceptors (Lipinski definition) is 3. The molecule has 144 valence electrons. The molecule has 1 saturated heterocycles. The predicted molar refractivity (Wildman–Crippen MR) is 102 cm³/mol. The Hall–Kier alpha value is -2.25. The number of amides is 1. The molecular weight excluding hydrogens is 367 g/mol. The second kappa shape index (κ2) is 8.19. The first kappa shape index (κ1) is 19.5. The molecule has 1 atom stereocenters. The van der Waals surface area contributed by atoms with Crippen molar-refractivity contribution in [1.82, 2.24) is 4.31 Å². The maximum Gasteiger partial charge on any atom is 0.243 e. The first-order valence-electron chi connectivity index (χ1n) is 9.00. The van der Waals surface area contributed by atoms with Crippen LogP contribution >= 0.6 is 0 Å². The largest absolute Gasteiger partial charge is 0.326 e. The van der Waals surface area contributed by atoms with Gasteiger partial charge in [-0.15, -0.1) is 0 Å². The van der Waals surface area contributed by atoms with Crippen molar-refractivity contribution in [3.63, 3.8) is 0 Å². The standard InChI is InChI=1S/C20H23FN2O3S/c1-15-5-11-19(12-6-15)27(25,26)23-13-3-2-4-18(23)14-20(24)22-17-9-7-16(21)8-10-17/h5-12,18H,2-4,13-14H2,1H3,(H,22,24)/t18-/m0/s1. The van der Waals surface area contributed by atoms with Crippen molar-refractivity contribution in [2.24, 2.45) is 0 Å². The van der Waals surface area contributed by atoms with Crippen LogP contribution in [0.3, 0.4) is 0 Å². The first-order valence-corrected chi connectivity index (χ1v) is 10.4. The molecule has 7 heteroatoms. The van der Waals surface area contributed by atoms with Crippen molar-refractivity contribution >= 4 is 21.6 Å². The van der Waals surface area contributed by atoms with Gasteiger partial charge in [0.1, 0.15) is 5.82 Å². The van der Waals surface area contributed by atoms with Crippen LogP contribution in [0.4, 0.5) is 10.1 Å². The Kier molecular flexibility index (Phi) is 5.92. The van der Waals surface area contributed by atoms with E-state index in [1.54, 1.807) is 24.3 Å². The number of halogens is 1. The minimum absolute atomic E-state index is 0.0719. The Morgan fingerprint density at radius 1 is 1.11 bits per heavy atom. The number of nitrogens with one attached hydrogen (secondary N) is 1. The highest BCUT2D eigenvalue weighted by Gasteiger charge is 2.34. The third kappa shape index (κ3) is 4.73. The van der Waals surface area contributed by atoms with Gasteiger partial charge < -0.3 is 5.32 Å². The molecular formula is C20H23FN2O3S. The van der Waals surface area contributed by atoms with Gasteiger partial charge in [-0.25, -0.2) is 12.8 Å². The fourth-order valence-corrected chi connectivity index (χ4v) is 4.99. The van der Waals surface area contributed by atoms with E-state index in [9.17, 15) is 17.6 Å². The number of carbonyl (C=O) groups is 1. The Morgan fingerprint density at radius 2 is 1.78 bits per heavy atom. The monoisotopic (exact) mass is 390 g/mol. The lowest BCUT2D eigenvalue weighted by atomic mass is 10.0. The minimum atomic E-state index is -3.65. The molecule has 1 N–H and O–H groups in total. The lowest BCUT2D eigenvalue weighted by Gasteiger charge is -2.34. The molecule has 5 nitrogen and oxygen atoms in total. The Morgan fingerprint density at radius 3 is 2.44 bits per heavy atom. The van der Waals surface area contributed by atoms with Crippen molar-refractivity contribution in [3.8, 4) is 0 Å². The SMILES string of the molecule is Cc1ccc(S(=O)(=O)N2CCCC[C@H]2CC(=O)Nc2ccc(F)cc2)cc1. The molecule has 0 aliphatic carbocycles. The number of hydrogen-bond donors (Lipinski definition) is 1. The average molecular weight is 390 g/mol. The molecule has 1 amide bonds. The molecule has 2 aromatic carbocycles. The molecule has 2 aromatic rings. The van der Waals surface area contributed by atoms with Gasteiger partial charge in [0.2, 0.25) is 15.9 Å². The summed E-state index contributed by atoms with van der Waals surface area (Å²) >= 11 is 0. The van der Waals surface area contributed by atoms with Crippen LogP contribution in [0, 0.1) is 12.7 Å². The van der Waals surface area contributed by atoms with Crippen molar-refractivity contribution in [1.29, 1.82) is 0 Å². The van der Waals surface area contributed by atoms with Crippen LogP contribution in [0.25, 0.3) is 0 Å². The van der Waals surface area contributed by atoms with Crippen LogP contribution in [-0.4, -0.2) is 31.2 Å². The zero-order valence-corrected chi connectivity index (χ0v) is 16.0. The van der Waals surface area contributed by atoms with E-state index in [0.29, 0.717) is 18.7 Å². The number of rotatable bonds is 5. The molecule has 0 bridgehead atoms. The zero-order chi connectivity index (χ0) is 19.4. The first-order chi connectivity index (χ1) is 12.9. The third-order valence-corrected chi connectivity index (χ3v) is 6.72. The van der Waals surface area contributed by atoms with Gasteiger partial charge in [0.25, 0.3) is 0 Å². The summed E-state index contributed by atoms with van der Waals surface area (Å²) in [5, 5.41) is 2.71. The van der Waals surface area contributed by atoms with Crippen molar-refractivity contribution in [2.75, 3.05) is 11.9 Å². The van der Waals surface area contributed by atoms with Crippen LogP contribution in [0.5, 0.6) is 0 Å². The fraction of sp³-hybridized carbons (Fsp3) is 0.350. The maximum atomic E-state index is 13.0. The van der Waals surface area contributed by atoms with E-state index >= 15 is 0 Å². The van der Waals surface area contributed by atoms with E-state index in [0.717, 1.165) is 18.4 Å². The molecule has 0 saturated carbocycles. The Labute approximate surface area is 159 Å². The molecule has 0 unspecified atom stereocenters. The lowest BCUT2D eigenvalue weighted by Crippen LogP contribution is -2.45. The molecule has 1 aliphatic rings. The molecule has 1 aliphatic heterocycles. The number of anilines is 1. The van der Waals surface area contributed by atoms with Crippen molar-refractivity contribution in [3.05, 3.63) is 59.9 Å². The van der Waals surface area contributed by atoms with Gasteiger partial charge in [-0.1, -0.05) is 24.1 Å². The van der Waals surface area contributed by atoms with Gasteiger partial charge in [0.15, 0.2) is 0 Å². The summed E-state index contributed by atoms with van der Waals surface area (Å²) in [7, 11) is -3.65. The molecule has 3 rings (SSSR count). The summed E-state index contributed by atoms with van der Waals surface area (Å²) in [5.41, 5.74) is 1.48. The van der Waals surface area contributed by atoms with Gasteiger partial charge in [-0.2, -0.15) is 4.31 Å². The van der Waals surface area contributed by atoms with Gasteiger partial charge in [-0.05, 0) is 56.2 Å². The zero-order valence-electron chi connectivity index (χ0n) is 15.2. The van der Waals surface area contributed by atoms with Crippen LogP contribution < -0.4 is 5.32 Å². The molecule has 0 radical (unpaired) electrons. The van der Waals surface area contributed by atoms with Crippen molar-refractivity contribution < 1.29 is 17.6 Å². The number of piperidine rings is 1. The van der Waals surface area contributed by atoms with E-state index in [2.05, 4.69) is 5.32 Å². The molecule has 0 aromatic heterocycles. The summed E-state index contributed by atoms with van der Waals surface area (Å²) in [6.07, 6.45) is 2.37. The second-order valence-electron chi connectivity index (χ2n) is 6.84. The van der Waals surface area contributed by atoms with E-state index in [1.165, 1.54) is 28.6 Å². The van der Waals surface area contributed by atoms with Gasteiger partial charge in [0.05, 0.1) is 4.90 Å². The molecule has 27 heavy (non-hydrogen) atoms. The number of benzene rings is 2. The average Bonchev–Trinajstić information content (AvgIpc) is 2.64. The van der Waals surface area contributed by atoms with Crippen LogP contribution in [0.2, 0.25) is 0 Å². The third-order valence-electron chi connectivity index (χ3n) is 4.75. The van der Waals surface area contributed by atoms with E-state index in [-0.39, 0.29) is 29.1 Å². The number of carbonyl (C=O) groups excluding carboxylic acids is 1. The number of aryl methyl sites for hydroxylation is 1. The summed E-state index contributed by atoms with van der Waals surface area (Å²) in [6, 6.07) is 11.9. The Bertz CT molecular complexity index is 896. The summed E-state index contributed by atoms with van der Waals surface area (Å²) < 4.78 is 40.5. The highest BCUT2D eigenvalue weighted by Crippen LogP contribution is 2.27. The predicted octanol–water partition coefficient (Wildman–Crippen LogP) is 3.71. The van der Waals surface area contributed by atoms with E-state index in [4.69, 9.17) is 0 Å². The van der Waals surface area contributed by atoms with Gasteiger partial charge in [-0.3, -0.25) is 4.79 Å². The quantitative estimate of drug-likeness (QED) is 0.846. The highest BCUT2D eigenvalue weighted by atomic mass is 32.2. The number of sulfonamides is 1. The summed E-state index contributed by atoms with van der Waals surface area (Å²) in [4.78, 5) is 12.6. The highest BCUT2D eigenvalue weighted by molar-refractivity contribution is 7.89. The van der Waals surface area contributed by atoms with Crippen LogP contribution in [-0.2, 0) is 14.8 Å². The van der Waals surface area contributed by atoms with Gasteiger partial charge >= 0.3 is 0 Å². The summed E-state index contributed by atoms with van der Waals surface area (Å²) in [5.74, 6) is -0.659. The Balaban J connectivity index is 1.73. The lowest BCUT2D eigenvalue weighted by molar-refractivity contribution is -0.117. The fourth-order valence-electron chi connectivity index (χ4n) is 3.30. The molecule has 0 spiro atoms. The van der Waals surface area contributed by atoms with E-state index < -0.39 is 10.0 Å². The van der Waals surface area contributed by atoms with Crippen LogP contribution in [0.15, 0.2) is 53.4 Å². The smallest absolute Gasteiger partial charge is 0.243 e. The molecule has 1 fully saturated rings. The molecule has 1 heterocycles. The topological polar surface area (TPSA) is 66.5 Å². The minimum Gasteiger partial charge on any atom is -0.326 e. The maximum absolute atomic E-state index is 13.0. The van der Waals surface area contributed by atoms with Gasteiger partial charge in [0, 0.05) is 24.7 Å².